The summed E-state index contributed by atoms with van der Waals surface area (Å²) in [4.78, 5) is 83.5. The molecule has 1 aromatic heterocycles. The van der Waals surface area contributed by atoms with Gasteiger partial charge in [-0.15, -0.1) is 0 Å². The molecule has 2 bridgehead atoms. The lowest BCUT2D eigenvalue weighted by molar-refractivity contribution is -0.155. The van der Waals surface area contributed by atoms with E-state index >= 15 is 0 Å². The van der Waals surface area contributed by atoms with E-state index in [-0.39, 0.29) is 55.8 Å². The summed E-state index contributed by atoms with van der Waals surface area (Å²) in [5.41, 5.74) is -3.03. The normalized spacial score (nSPS) is 19.5. The molecule has 19 nitrogen and oxygen atoms in total. The number of pyridine rings is 1. The number of rotatable bonds is 14. The van der Waals surface area contributed by atoms with Gasteiger partial charge in [-0.1, -0.05) is 36.9 Å². The molecule has 3 amide bonds. The van der Waals surface area contributed by atoms with E-state index in [9.17, 15) is 37.5 Å². The van der Waals surface area contributed by atoms with Crippen LogP contribution < -0.4 is 15.5 Å². The van der Waals surface area contributed by atoms with Crippen LogP contribution in [-0.2, 0) is 48.8 Å². The Morgan fingerprint density at radius 2 is 1.62 bits per heavy atom. The molecule has 1 saturated heterocycles. The van der Waals surface area contributed by atoms with E-state index in [0.717, 1.165) is 16.7 Å². The van der Waals surface area contributed by atoms with Gasteiger partial charge < -0.3 is 52.5 Å². The molecule has 1 aromatic carbocycles. The van der Waals surface area contributed by atoms with Gasteiger partial charge in [-0.05, 0) is 95.1 Å². The summed E-state index contributed by atoms with van der Waals surface area (Å²) < 4.78 is 66.0. The minimum Gasteiger partial charge on any atom is -0.459 e. The van der Waals surface area contributed by atoms with Crippen molar-refractivity contribution in [3.63, 3.8) is 0 Å². The number of esters is 1. The Balaban J connectivity index is 0.000000299. The van der Waals surface area contributed by atoms with Crippen LogP contribution in [0.2, 0.25) is 0 Å². The van der Waals surface area contributed by atoms with Crippen molar-refractivity contribution in [2.24, 2.45) is 5.16 Å². The standard InChI is InChI=1S/C26H26F2N4O7.C17H34NO7P.C4H8/c1-14-8-26(39-30-14)6-5-15(2)31-11-20(26)32-10-18(22(34)23(21(32)25(31)36)38-13-37-12-33)24(35)29-9-16-3-4-17(27)7-19(16)28;1-15(2,3)23-13(19)11-18(10)14(20)21-12-22-26(24-16(4,5)6)25-17(7,8)9;1-2-4-3-1/h3-4,7,10,12,15,20H,5-6,8-9,11,13H2,1-2H3,(H,29,35);11-12H2,1-10H3;1-4H2. The average Bonchev–Trinajstić information content (AvgIpc) is 3.53. The molecule has 3 unspecified atom stereocenters. The van der Waals surface area contributed by atoms with Crippen molar-refractivity contribution in [3.05, 3.63) is 63.1 Å². The monoisotopic (exact) mass is 995 g/mol. The maximum absolute atomic E-state index is 14.1. The second-order valence-corrected chi connectivity index (χ2v) is 21.1. The van der Waals surface area contributed by atoms with Gasteiger partial charge in [0, 0.05) is 50.4 Å². The van der Waals surface area contributed by atoms with Crippen LogP contribution in [0.15, 0.2) is 34.3 Å². The first-order chi connectivity index (χ1) is 32.1. The number of aromatic nitrogens is 1. The predicted octanol–water partition coefficient (Wildman–Crippen LogP) is 8.07. The van der Waals surface area contributed by atoms with Crippen LogP contribution in [0.25, 0.3) is 0 Å². The minimum absolute atomic E-state index is 0.00757. The maximum atomic E-state index is 14.1. The number of halogens is 2. The first-order valence-electron chi connectivity index (χ1n) is 22.8. The summed E-state index contributed by atoms with van der Waals surface area (Å²) in [6.07, 6.45) is 8.22. The van der Waals surface area contributed by atoms with E-state index in [4.69, 9.17) is 32.6 Å². The van der Waals surface area contributed by atoms with Gasteiger partial charge in [0.25, 0.3) is 18.3 Å². The quantitative estimate of drug-likeness (QED) is 0.0474. The number of oxime groups is 1. The lowest BCUT2D eigenvalue weighted by Gasteiger charge is -2.42. The Hall–Kier alpha value is -5.24. The number of fused-ring (bicyclic) bond motifs is 5. The number of hydrogen-bond donors (Lipinski definition) is 1. The van der Waals surface area contributed by atoms with Gasteiger partial charge in [-0.25, -0.2) is 13.6 Å². The van der Waals surface area contributed by atoms with E-state index in [2.05, 4.69) is 15.2 Å². The Morgan fingerprint density at radius 1 is 0.986 bits per heavy atom. The number of benzene rings is 1. The SMILES string of the molecule is C1CCC1.CC1=NOC2(CCC(C)N3CC2n2cc(C(=O)NCc4ccc(F)cc4F)c(=O)c(OCOC=O)c2C3=O)C1.CN(CC(=O)OC(C)(C)C)C(=O)OCOP(OC(C)(C)C)OC(C)(C)C. The minimum atomic E-state index is -1.71. The van der Waals surface area contributed by atoms with E-state index in [1.54, 1.807) is 25.7 Å². The third-order valence-electron chi connectivity index (χ3n) is 10.6. The third kappa shape index (κ3) is 16.7. The zero-order valence-electron chi connectivity index (χ0n) is 41.7. The van der Waals surface area contributed by atoms with Gasteiger partial charge in [0.1, 0.15) is 29.3 Å². The van der Waals surface area contributed by atoms with Crippen LogP contribution in [0.5, 0.6) is 5.75 Å². The summed E-state index contributed by atoms with van der Waals surface area (Å²) in [5.74, 6) is -3.96. The Bertz CT molecular complexity index is 2220. The van der Waals surface area contributed by atoms with Gasteiger partial charge in [-0.2, -0.15) is 0 Å². The molecule has 3 aliphatic heterocycles. The molecular weight excluding hydrogens is 928 g/mol. The Morgan fingerprint density at radius 3 is 2.16 bits per heavy atom. The molecule has 3 atom stereocenters. The fourth-order valence-electron chi connectivity index (χ4n) is 7.09. The molecule has 1 saturated carbocycles. The number of likely N-dealkylation sites (N-methyl/N-ethyl adjacent to an activating group) is 1. The zero-order valence-corrected chi connectivity index (χ0v) is 42.6. The summed E-state index contributed by atoms with van der Waals surface area (Å²) in [7, 11) is -0.272. The van der Waals surface area contributed by atoms with Crippen molar-refractivity contribution >= 4 is 44.7 Å². The topological polar surface area (TPSA) is 212 Å². The highest BCUT2D eigenvalue weighted by Gasteiger charge is 2.54. The van der Waals surface area contributed by atoms with Crippen molar-refractivity contribution in [2.45, 2.75) is 162 Å². The van der Waals surface area contributed by atoms with Gasteiger partial charge in [0.05, 0.1) is 23.0 Å². The molecule has 1 aliphatic carbocycles. The number of amides is 3. The van der Waals surface area contributed by atoms with Crippen molar-refractivity contribution in [2.75, 3.05) is 33.7 Å². The molecule has 22 heteroatoms. The second-order valence-electron chi connectivity index (χ2n) is 20.1. The maximum Gasteiger partial charge on any atom is 0.412 e. The molecule has 69 heavy (non-hydrogen) atoms. The van der Waals surface area contributed by atoms with Crippen molar-refractivity contribution in [3.8, 4) is 5.75 Å². The number of hydrogen-bond acceptors (Lipinski definition) is 15. The summed E-state index contributed by atoms with van der Waals surface area (Å²) in [6, 6.07) is 2.20. The Kier molecular flexibility index (Phi) is 19.6. The first-order valence-corrected chi connectivity index (χ1v) is 23.9. The van der Waals surface area contributed by atoms with Gasteiger partial charge in [0.15, 0.2) is 11.3 Å². The molecular formula is C47H68F2N5O14P. The highest BCUT2D eigenvalue weighted by molar-refractivity contribution is 7.41. The van der Waals surface area contributed by atoms with Gasteiger partial charge in [0.2, 0.25) is 24.8 Å². The third-order valence-corrected chi connectivity index (χ3v) is 12.3. The number of nitrogens with one attached hydrogen (secondary N) is 1. The molecule has 4 aliphatic rings. The molecule has 4 heterocycles. The molecule has 1 N–H and O–H groups in total. The number of carbonyl (C=O) groups is 5. The fraction of sp³-hybridized carbons (Fsp3) is 0.638. The van der Waals surface area contributed by atoms with E-state index in [1.807, 2.05) is 55.4 Å². The number of nitrogens with zero attached hydrogens (tertiary/aromatic N) is 4. The molecule has 6 rings (SSSR count). The molecule has 0 radical (unpaired) electrons. The van der Waals surface area contributed by atoms with Crippen LogP contribution in [0.4, 0.5) is 13.6 Å². The molecule has 1 spiro atoms. The Labute approximate surface area is 403 Å². The summed E-state index contributed by atoms with van der Waals surface area (Å²) in [5, 5.41) is 6.63. The second kappa shape index (κ2) is 24.1. The van der Waals surface area contributed by atoms with Crippen LogP contribution in [0.3, 0.4) is 0 Å². The molecule has 384 valence electrons. The van der Waals surface area contributed by atoms with Crippen LogP contribution in [0, 0.1) is 11.6 Å². The smallest absolute Gasteiger partial charge is 0.412 e. The highest BCUT2D eigenvalue weighted by atomic mass is 31.2. The van der Waals surface area contributed by atoms with Crippen molar-refractivity contribution in [1.29, 1.82) is 0 Å². The summed E-state index contributed by atoms with van der Waals surface area (Å²) in [6.45, 7) is 19.0. The van der Waals surface area contributed by atoms with Crippen molar-refractivity contribution in [1.82, 2.24) is 19.7 Å². The van der Waals surface area contributed by atoms with E-state index in [1.165, 1.54) is 49.6 Å². The molecule has 2 aromatic rings. The first kappa shape index (κ1) is 56.3. The largest absolute Gasteiger partial charge is 0.459 e. The van der Waals surface area contributed by atoms with Gasteiger partial charge >= 0.3 is 20.7 Å². The van der Waals surface area contributed by atoms with E-state index in [0.29, 0.717) is 25.3 Å². The number of ether oxygens (including phenoxy) is 4. The van der Waals surface area contributed by atoms with Crippen LogP contribution in [-0.4, -0.2) is 113 Å². The molecule has 2 fully saturated rings. The predicted molar refractivity (Wildman–Crippen MR) is 249 cm³/mol. The van der Waals surface area contributed by atoms with Crippen LogP contribution >= 0.6 is 8.60 Å². The van der Waals surface area contributed by atoms with Gasteiger partial charge in [-0.3, -0.25) is 28.5 Å². The fourth-order valence-corrected chi connectivity index (χ4v) is 8.27. The zero-order chi connectivity index (χ0) is 51.5. The summed E-state index contributed by atoms with van der Waals surface area (Å²) >= 11 is 0. The number of carbonyl (C=O) groups excluding carboxylic acids is 5. The van der Waals surface area contributed by atoms with E-state index < -0.39 is 90.5 Å². The highest BCUT2D eigenvalue weighted by Crippen LogP contribution is 2.48. The average molecular weight is 996 g/mol. The van der Waals surface area contributed by atoms with Crippen LogP contribution in [0.1, 0.15) is 154 Å². The van der Waals surface area contributed by atoms with Crippen molar-refractivity contribution < 1.29 is 70.1 Å². The lowest BCUT2D eigenvalue weighted by atomic mass is 9.84. The lowest BCUT2D eigenvalue weighted by Crippen LogP contribution is -2.52.